The molecule has 1 N–H and O–H groups in total. The molecular formula is C18H21NO3S. The van der Waals surface area contributed by atoms with Gasteiger partial charge in [0.2, 0.25) is 0 Å². The third kappa shape index (κ3) is 5.87. The van der Waals surface area contributed by atoms with Gasteiger partial charge in [-0.05, 0) is 49.8 Å². The number of thiophene rings is 1. The van der Waals surface area contributed by atoms with Crippen molar-refractivity contribution in [3.8, 4) is 0 Å². The zero-order valence-electron chi connectivity index (χ0n) is 13.4. The van der Waals surface area contributed by atoms with Crippen molar-refractivity contribution in [3.63, 3.8) is 0 Å². The normalized spacial score (nSPS) is 10.3. The second-order valence-corrected chi connectivity index (χ2v) is 6.49. The number of anilines is 1. The van der Waals surface area contributed by atoms with Crippen molar-refractivity contribution in [2.75, 3.05) is 11.9 Å². The summed E-state index contributed by atoms with van der Waals surface area (Å²) in [7, 11) is 0. The van der Waals surface area contributed by atoms with Crippen LogP contribution >= 0.6 is 11.3 Å². The molecule has 0 unspecified atom stereocenters. The predicted molar refractivity (Wildman–Crippen MR) is 92.8 cm³/mol. The Morgan fingerprint density at radius 2 is 2.04 bits per heavy atom. The number of amides is 1. The number of esters is 1. The minimum Gasteiger partial charge on any atom is -0.456 e. The fourth-order valence-electron chi connectivity index (χ4n) is 2.22. The first-order valence-electron chi connectivity index (χ1n) is 7.59. The van der Waals surface area contributed by atoms with Crippen LogP contribution < -0.4 is 5.32 Å². The molecule has 23 heavy (non-hydrogen) atoms. The number of aryl methyl sites for hydroxylation is 3. The number of nitrogens with one attached hydrogen (secondary N) is 1. The maximum atomic E-state index is 11.8. The van der Waals surface area contributed by atoms with Gasteiger partial charge in [0, 0.05) is 17.0 Å². The molecule has 0 fully saturated rings. The van der Waals surface area contributed by atoms with Crippen LogP contribution in [0.2, 0.25) is 0 Å². The Balaban J connectivity index is 1.68. The van der Waals surface area contributed by atoms with Gasteiger partial charge in [0.1, 0.15) is 0 Å². The number of benzene rings is 1. The average Bonchev–Trinajstić information content (AvgIpc) is 3.01. The Morgan fingerprint density at radius 3 is 2.74 bits per heavy atom. The molecule has 2 aromatic rings. The van der Waals surface area contributed by atoms with E-state index in [4.69, 9.17) is 4.74 Å². The van der Waals surface area contributed by atoms with Gasteiger partial charge >= 0.3 is 5.97 Å². The van der Waals surface area contributed by atoms with E-state index in [2.05, 4.69) is 5.32 Å². The zero-order chi connectivity index (χ0) is 16.7. The summed E-state index contributed by atoms with van der Waals surface area (Å²) in [6.07, 6.45) is 1.92. The molecule has 0 spiro atoms. The van der Waals surface area contributed by atoms with Gasteiger partial charge < -0.3 is 10.1 Å². The van der Waals surface area contributed by atoms with Crippen LogP contribution in [0.4, 0.5) is 5.69 Å². The van der Waals surface area contributed by atoms with Gasteiger partial charge in [0.15, 0.2) is 6.61 Å². The molecule has 0 bridgehead atoms. The molecule has 2 rings (SSSR count). The van der Waals surface area contributed by atoms with Crippen LogP contribution in [0.15, 0.2) is 35.7 Å². The molecule has 0 aliphatic rings. The first-order chi connectivity index (χ1) is 11.0. The molecule has 1 amide bonds. The van der Waals surface area contributed by atoms with Gasteiger partial charge in [-0.15, -0.1) is 11.3 Å². The van der Waals surface area contributed by atoms with Crippen molar-refractivity contribution in [2.45, 2.75) is 33.1 Å². The van der Waals surface area contributed by atoms with Crippen molar-refractivity contribution < 1.29 is 14.3 Å². The maximum Gasteiger partial charge on any atom is 0.306 e. The molecule has 122 valence electrons. The van der Waals surface area contributed by atoms with Gasteiger partial charge in [0.25, 0.3) is 5.91 Å². The van der Waals surface area contributed by atoms with Crippen molar-refractivity contribution >= 4 is 28.9 Å². The Kier molecular flexibility index (Phi) is 6.35. The van der Waals surface area contributed by atoms with Gasteiger partial charge in [-0.25, -0.2) is 0 Å². The van der Waals surface area contributed by atoms with Crippen LogP contribution in [-0.2, 0) is 20.7 Å². The summed E-state index contributed by atoms with van der Waals surface area (Å²) in [5.74, 6) is -0.652. The lowest BCUT2D eigenvalue weighted by Crippen LogP contribution is -2.21. The van der Waals surface area contributed by atoms with E-state index in [1.807, 2.05) is 49.6 Å². The van der Waals surface area contributed by atoms with E-state index in [1.54, 1.807) is 11.3 Å². The van der Waals surface area contributed by atoms with Gasteiger partial charge in [-0.2, -0.15) is 0 Å². The Morgan fingerprint density at radius 1 is 1.22 bits per heavy atom. The highest BCUT2D eigenvalue weighted by Crippen LogP contribution is 2.16. The molecule has 0 atom stereocenters. The molecule has 1 aromatic carbocycles. The lowest BCUT2D eigenvalue weighted by Gasteiger charge is -2.09. The SMILES string of the molecule is Cc1ccc(NC(=O)COC(=O)CCCc2cccs2)c(C)c1. The minimum atomic E-state index is -0.336. The molecule has 0 saturated heterocycles. The molecule has 4 nitrogen and oxygen atoms in total. The summed E-state index contributed by atoms with van der Waals surface area (Å²) >= 11 is 1.68. The number of ether oxygens (including phenoxy) is 1. The summed E-state index contributed by atoms with van der Waals surface area (Å²) in [5, 5.41) is 4.78. The quantitative estimate of drug-likeness (QED) is 0.784. The summed E-state index contributed by atoms with van der Waals surface area (Å²) in [6.45, 7) is 3.68. The smallest absolute Gasteiger partial charge is 0.306 e. The molecule has 0 radical (unpaired) electrons. The van der Waals surface area contributed by atoms with E-state index >= 15 is 0 Å². The second-order valence-electron chi connectivity index (χ2n) is 5.46. The van der Waals surface area contributed by atoms with Crippen molar-refractivity contribution in [3.05, 3.63) is 51.7 Å². The molecule has 5 heteroatoms. The van der Waals surface area contributed by atoms with Gasteiger partial charge in [-0.1, -0.05) is 23.8 Å². The highest BCUT2D eigenvalue weighted by molar-refractivity contribution is 7.09. The summed E-state index contributed by atoms with van der Waals surface area (Å²) in [6, 6.07) is 9.82. The third-order valence-corrected chi connectivity index (χ3v) is 4.34. The van der Waals surface area contributed by atoms with E-state index in [0.29, 0.717) is 6.42 Å². The Hall–Kier alpha value is -2.14. The number of hydrogen-bond donors (Lipinski definition) is 1. The van der Waals surface area contributed by atoms with Crippen LogP contribution in [0.3, 0.4) is 0 Å². The van der Waals surface area contributed by atoms with E-state index in [0.717, 1.165) is 29.7 Å². The largest absolute Gasteiger partial charge is 0.456 e. The summed E-state index contributed by atoms with van der Waals surface area (Å²) < 4.78 is 5.01. The van der Waals surface area contributed by atoms with Crippen LogP contribution in [0, 0.1) is 13.8 Å². The van der Waals surface area contributed by atoms with Gasteiger partial charge in [-0.3, -0.25) is 9.59 Å². The standard InChI is InChI=1S/C18H21NO3S/c1-13-8-9-16(14(2)11-13)19-17(20)12-22-18(21)7-3-5-15-6-4-10-23-15/h4,6,8-11H,3,5,7,12H2,1-2H3,(H,19,20). The minimum absolute atomic E-state index is 0.245. The van der Waals surface area contributed by atoms with E-state index in [9.17, 15) is 9.59 Å². The van der Waals surface area contributed by atoms with E-state index in [-0.39, 0.29) is 18.5 Å². The number of carbonyl (C=O) groups is 2. The highest BCUT2D eigenvalue weighted by Gasteiger charge is 2.09. The number of hydrogen-bond acceptors (Lipinski definition) is 4. The molecule has 1 heterocycles. The maximum absolute atomic E-state index is 11.8. The molecule has 0 saturated carbocycles. The molecular weight excluding hydrogens is 310 g/mol. The van der Waals surface area contributed by atoms with Crippen molar-refractivity contribution in [1.29, 1.82) is 0 Å². The lowest BCUT2D eigenvalue weighted by molar-refractivity contribution is -0.147. The fraction of sp³-hybridized carbons (Fsp3) is 0.333. The first-order valence-corrected chi connectivity index (χ1v) is 8.47. The van der Waals surface area contributed by atoms with Crippen LogP contribution in [-0.4, -0.2) is 18.5 Å². The third-order valence-electron chi connectivity index (χ3n) is 3.40. The topological polar surface area (TPSA) is 55.4 Å². The van der Waals surface area contributed by atoms with Crippen LogP contribution in [0.1, 0.15) is 28.8 Å². The molecule has 1 aromatic heterocycles. The summed E-state index contributed by atoms with van der Waals surface area (Å²) in [4.78, 5) is 24.7. The lowest BCUT2D eigenvalue weighted by atomic mass is 10.1. The highest BCUT2D eigenvalue weighted by atomic mass is 32.1. The number of carbonyl (C=O) groups excluding carboxylic acids is 2. The van der Waals surface area contributed by atoms with Crippen molar-refractivity contribution in [1.82, 2.24) is 0 Å². The molecule has 0 aliphatic heterocycles. The number of rotatable bonds is 7. The van der Waals surface area contributed by atoms with Crippen molar-refractivity contribution in [2.24, 2.45) is 0 Å². The first kappa shape index (κ1) is 17.2. The monoisotopic (exact) mass is 331 g/mol. The second kappa shape index (κ2) is 8.48. The zero-order valence-corrected chi connectivity index (χ0v) is 14.2. The molecule has 0 aliphatic carbocycles. The Bertz CT molecular complexity index is 665. The van der Waals surface area contributed by atoms with E-state index < -0.39 is 0 Å². The van der Waals surface area contributed by atoms with E-state index in [1.165, 1.54) is 4.88 Å². The van der Waals surface area contributed by atoms with Crippen LogP contribution in [0.25, 0.3) is 0 Å². The average molecular weight is 331 g/mol. The predicted octanol–water partition coefficient (Wildman–Crippen LogP) is 3.87. The van der Waals surface area contributed by atoms with Gasteiger partial charge in [0.05, 0.1) is 0 Å². The fourth-order valence-corrected chi connectivity index (χ4v) is 2.97. The summed E-state index contributed by atoms with van der Waals surface area (Å²) in [5.41, 5.74) is 2.87. The van der Waals surface area contributed by atoms with Crippen LogP contribution in [0.5, 0.6) is 0 Å². The Labute approximate surface area is 140 Å².